The molecule has 1 aliphatic heterocycles. The van der Waals surface area contributed by atoms with Crippen LogP contribution in [0.2, 0.25) is 0 Å². The second-order valence-corrected chi connectivity index (χ2v) is 4.90. The zero-order valence-corrected chi connectivity index (χ0v) is 10.8. The lowest BCUT2D eigenvalue weighted by atomic mass is 9.94. The maximum atomic E-state index is 11.1. The molecule has 0 saturated carbocycles. The summed E-state index contributed by atoms with van der Waals surface area (Å²) in [6, 6.07) is 4.53. The Kier molecular flexibility index (Phi) is 3.63. The van der Waals surface area contributed by atoms with Crippen molar-refractivity contribution in [2.24, 2.45) is 5.92 Å². The Balaban J connectivity index is 2.44. The van der Waals surface area contributed by atoms with Gasteiger partial charge in [0.1, 0.15) is 6.10 Å². The van der Waals surface area contributed by atoms with Gasteiger partial charge in [0.15, 0.2) is 0 Å². The molecule has 7 heteroatoms. The van der Waals surface area contributed by atoms with E-state index in [0.29, 0.717) is 23.1 Å². The van der Waals surface area contributed by atoms with Crippen molar-refractivity contribution >= 4 is 27.6 Å². The lowest BCUT2D eigenvalue weighted by molar-refractivity contribution is -0.386. The summed E-state index contributed by atoms with van der Waals surface area (Å²) < 4.78 is 5.92. The summed E-state index contributed by atoms with van der Waals surface area (Å²) in [4.78, 5) is 21.5. The molecular weight excluding hydrogens is 306 g/mol. The molecule has 1 aliphatic rings. The molecule has 0 aliphatic carbocycles. The summed E-state index contributed by atoms with van der Waals surface area (Å²) in [7, 11) is 0. The van der Waals surface area contributed by atoms with E-state index in [9.17, 15) is 14.9 Å². The molecule has 2 rings (SSSR count). The molecule has 1 heterocycles. The van der Waals surface area contributed by atoms with Gasteiger partial charge in [-0.2, -0.15) is 0 Å². The smallest absolute Gasteiger partial charge is 0.309 e. The second kappa shape index (κ2) is 5.03. The van der Waals surface area contributed by atoms with Crippen molar-refractivity contribution in [1.82, 2.24) is 0 Å². The fourth-order valence-corrected chi connectivity index (χ4v) is 2.41. The van der Waals surface area contributed by atoms with E-state index in [0.717, 1.165) is 0 Å². The van der Waals surface area contributed by atoms with Gasteiger partial charge in [-0.1, -0.05) is 15.9 Å². The van der Waals surface area contributed by atoms with Gasteiger partial charge in [0.25, 0.3) is 5.69 Å². The number of hydrogen-bond donors (Lipinski definition) is 1. The molecule has 0 amide bonds. The molecule has 1 saturated heterocycles. The number of aliphatic carboxylic acids is 1. The standard InChI is InChI=1S/C11H10BrNO5/c12-6-1-2-7(9(5-6)13(16)17)10-8(11(14)15)3-4-18-10/h1-2,5,8,10H,3-4H2,(H,14,15)/t8-,10+/m1/s1. The Labute approximate surface area is 111 Å². The van der Waals surface area contributed by atoms with Crippen LogP contribution in [-0.4, -0.2) is 22.6 Å². The molecule has 18 heavy (non-hydrogen) atoms. The van der Waals surface area contributed by atoms with E-state index in [2.05, 4.69) is 15.9 Å². The number of nitrogens with zero attached hydrogens (tertiary/aromatic N) is 1. The van der Waals surface area contributed by atoms with Gasteiger partial charge in [-0.05, 0) is 18.6 Å². The van der Waals surface area contributed by atoms with Gasteiger partial charge in [-0.3, -0.25) is 14.9 Å². The minimum atomic E-state index is -0.991. The van der Waals surface area contributed by atoms with Gasteiger partial charge in [0, 0.05) is 17.1 Å². The van der Waals surface area contributed by atoms with E-state index in [1.807, 2.05) is 0 Å². The molecule has 6 nitrogen and oxygen atoms in total. The van der Waals surface area contributed by atoms with Crippen LogP contribution in [-0.2, 0) is 9.53 Å². The van der Waals surface area contributed by atoms with Crippen LogP contribution in [0.3, 0.4) is 0 Å². The van der Waals surface area contributed by atoms with E-state index >= 15 is 0 Å². The van der Waals surface area contributed by atoms with Gasteiger partial charge in [0.2, 0.25) is 0 Å². The SMILES string of the molecule is O=C(O)[C@@H]1CCO[C@H]1c1ccc(Br)cc1[N+](=O)[O-]. The van der Waals surface area contributed by atoms with E-state index < -0.39 is 22.9 Å². The van der Waals surface area contributed by atoms with Crippen LogP contribution >= 0.6 is 15.9 Å². The Morgan fingerprint density at radius 1 is 1.56 bits per heavy atom. The molecule has 1 N–H and O–H groups in total. The fraction of sp³-hybridized carbons (Fsp3) is 0.364. The van der Waals surface area contributed by atoms with Gasteiger partial charge >= 0.3 is 5.97 Å². The number of rotatable bonds is 3. The Morgan fingerprint density at radius 2 is 2.28 bits per heavy atom. The van der Waals surface area contributed by atoms with Gasteiger partial charge in [-0.25, -0.2) is 0 Å². The summed E-state index contributed by atoms with van der Waals surface area (Å²) in [5, 5.41) is 20.1. The van der Waals surface area contributed by atoms with Gasteiger partial charge < -0.3 is 9.84 Å². The van der Waals surface area contributed by atoms with Crippen molar-refractivity contribution in [2.45, 2.75) is 12.5 Å². The number of nitro benzene ring substituents is 1. The number of hydrogen-bond acceptors (Lipinski definition) is 4. The van der Waals surface area contributed by atoms with Crippen LogP contribution in [0, 0.1) is 16.0 Å². The number of benzene rings is 1. The van der Waals surface area contributed by atoms with Crippen molar-refractivity contribution < 1.29 is 19.6 Å². The molecule has 0 bridgehead atoms. The zero-order chi connectivity index (χ0) is 13.3. The van der Waals surface area contributed by atoms with Gasteiger partial charge in [-0.15, -0.1) is 0 Å². The molecule has 1 fully saturated rings. The predicted octanol–water partition coefficient (Wildman–Crippen LogP) is 2.52. The third-order valence-electron chi connectivity index (χ3n) is 2.90. The molecular formula is C11H10BrNO5. The third kappa shape index (κ3) is 2.37. The Bertz CT molecular complexity index is 504. The number of carboxylic acids is 1. The number of carbonyl (C=O) groups is 1. The van der Waals surface area contributed by atoms with Crippen molar-refractivity contribution in [3.05, 3.63) is 38.3 Å². The highest BCUT2D eigenvalue weighted by Gasteiger charge is 2.38. The first-order valence-corrected chi connectivity index (χ1v) is 6.08. The lowest BCUT2D eigenvalue weighted by Gasteiger charge is -2.15. The van der Waals surface area contributed by atoms with Crippen LogP contribution in [0.15, 0.2) is 22.7 Å². The average molecular weight is 316 g/mol. The van der Waals surface area contributed by atoms with Gasteiger partial charge in [0.05, 0.1) is 16.4 Å². The van der Waals surface area contributed by atoms with Crippen molar-refractivity contribution in [3.63, 3.8) is 0 Å². The molecule has 0 unspecified atom stereocenters. The average Bonchev–Trinajstić information content (AvgIpc) is 2.77. The monoisotopic (exact) mass is 315 g/mol. The molecule has 1 aromatic carbocycles. The molecule has 2 atom stereocenters. The Morgan fingerprint density at radius 3 is 2.89 bits per heavy atom. The summed E-state index contributed by atoms with van der Waals surface area (Å²) in [5.41, 5.74) is 0.190. The highest BCUT2D eigenvalue weighted by molar-refractivity contribution is 9.10. The first-order valence-electron chi connectivity index (χ1n) is 5.29. The predicted molar refractivity (Wildman–Crippen MR) is 65.2 cm³/mol. The van der Waals surface area contributed by atoms with Crippen molar-refractivity contribution in [3.8, 4) is 0 Å². The summed E-state index contributed by atoms with van der Waals surface area (Å²) in [5.74, 6) is -1.72. The summed E-state index contributed by atoms with van der Waals surface area (Å²) >= 11 is 3.16. The van der Waals surface area contributed by atoms with E-state index in [1.165, 1.54) is 12.1 Å². The first-order chi connectivity index (χ1) is 8.50. The third-order valence-corrected chi connectivity index (χ3v) is 3.40. The molecule has 0 radical (unpaired) electrons. The molecule has 0 aromatic heterocycles. The second-order valence-electron chi connectivity index (χ2n) is 3.99. The van der Waals surface area contributed by atoms with Crippen LogP contribution in [0.1, 0.15) is 18.1 Å². The lowest BCUT2D eigenvalue weighted by Crippen LogP contribution is -2.18. The zero-order valence-electron chi connectivity index (χ0n) is 9.21. The summed E-state index contributed by atoms with van der Waals surface area (Å²) in [6.45, 7) is 0.300. The number of carboxylic acid groups (broad SMARTS) is 1. The first kappa shape index (κ1) is 13.0. The normalized spacial score (nSPS) is 22.9. The van der Waals surface area contributed by atoms with E-state index in [4.69, 9.17) is 9.84 Å². The fourth-order valence-electron chi connectivity index (χ4n) is 2.06. The summed E-state index contributed by atoms with van der Waals surface area (Å²) in [6.07, 6.45) is -0.385. The largest absolute Gasteiger partial charge is 0.481 e. The maximum Gasteiger partial charge on any atom is 0.309 e. The van der Waals surface area contributed by atoms with Crippen LogP contribution < -0.4 is 0 Å². The topological polar surface area (TPSA) is 89.7 Å². The van der Waals surface area contributed by atoms with Crippen LogP contribution in [0.4, 0.5) is 5.69 Å². The van der Waals surface area contributed by atoms with Crippen molar-refractivity contribution in [2.75, 3.05) is 6.61 Å². The maximum absolute atomic E-state index is 11.1. The van der Waals surface area contributed by atoms with E-state index in [-0.39, 0.29) is 5.69 Å². The van der Waals surface area contributed by atoms with E-state index in [1.54, 1.807) is 6.07 Å². The van der Waals surface area contributed by atoms with Crippen LogP contribution in [0.5, 0.6) is 0 Å². The molecule has 96 valence electrons. The minimum Gasteiger partial charge on any atom is -0.481 e. The Hall–Kier alpha value is -1.47. The molecule has 1 aromatic rings. The number of nitro groups is 1. The van der Waals surface area contributed by atoms with Crippen LogP contribution in [0.25, 0.3) is 0 Å². The molecule has 0 spiro atoms. The minimum absolute atomic E-state index is 0.123. The number of halogens is 1. The number of ether oxygens (including phenoxy) is 1. The van der Waals surface area contributed by atoms with Crippen molar-refractivity contribution in [1.29, 1.82) is 0 Å². The highest BCUT2D eigenvalue weighted by atomic mass is 79.9. The highest BCUT2D eigenvalue weighted by Crippen LogP contribution is 2.39. The quantitative estimate of drug-likeness (QED) is 0.683.